The van der Waals surface area contributed by atoms with Crippen LogP contribution in [0.4, 0.5) is 0 Å². The molecule has 0 radical (unpaired) electrons. The number of thiazole rings is 1. The Hall–Kier alpha value is -2.54. The molecule has 7 heteroatoms. The van der Waals surface area contributed by atoms with Crippen LogP contribution in [0.1, 0.15) is 27.7 Å². The van der Waals surface area contributed by atoms with Gasteiger partial charge in [-0.05, 0) is 13.3 Å². The van der Waals surface area contributed by atoms with Gasteiger partial charge in [0.1, 0.15) is 21.5 Å². The van der Waals surface area contributed by atoms with Crippen molar-refractivity contribution >= 4 is 17.2 Å². The molecule has 6 nitrogen and oxygen atoms in total. The Labute approximate surface area is 143 Å². The molecule has 2 aromatic heterocycles. The van der Waals surface area contributed by atoms with E-state index in [1.54, 1.807) is 6.20 Å². The van der Waals surface area contributed by atoms with Crippen molar-refractivity contribution < 1.29 is 4.79 Å². The first-order chi connectivity index (χ1) is 11.7. The zero-order chi connectivity index (χ0) is 16.5. The number of nitrogens with one attached hydrogen (secondary N) is 1. The molecule has 3 aromatic rings. The molecule has 1 aliphatic heterocycles. The molecule has 1 aromatic carbocycles. The highest BCUT2D eigenvalue weighted by atomic mass is 32.1. The smallest absolute Gasteiger partial charge is 0.263 e. The van der Waals surface area contributed by atoms with Crippen LogP contribution in [0.5, 0.6) is 0 Å². The van der Waals surface area contributed by atoms with Gasteiger partial charge in [0.25, 0.3) is 5.91 Å². The number of hydrogen-bond acceptors (Lipinski definition) is 5. The molecule has 0 unspecified atom stereocenters. The quantitative estimate of drug-likeness (QED) is 0.795. The van der Waals surface area contributed by atoms with Crippen LogP contribution in [-0.4, -0.2) is 31.7 Å². The van der Waals surface area contributed by atoms with Gasteiger partial charge < -0.3 is 9.88 Å². The topological polar surface area (TPSA) is 72.7 Å². The van der Waals surface area contributed by atoms with Gasteiger partial charge in [0.2, 0.25) is 0 Å². The highest BCUT2D eigenvalue weighted by molar-refractivity contribution is 7.16. The van der Waals surface area contributed by atoms with Crippen LogP contribution in [0.2, 0.25) is 0 Å². The zero-order valence-corrected chi connectivity index (χ0v) is 14.1. The highest BCUT2D eigenvalue weighted by Gasteiger charge is 2.23. The monoisotopic (exact) mass is 339 g/mol. The summed E-state index contributed by atoms with van der Waals surface area (Å²) in [7, 11) is 0. The van der Waals surface area contributed by atoms with Gasteiger partial charge in [0.05, 0.1) is 6.20 Å². The maximum Gasteiger partial charge on any atom is 0.263 e. The average Bonchev–Trinajstić information content (AvgIpc) is 3.24. The number of benzene rings is 1. The van der Waals surface area contributed by atoms with E-state index in [2.05, 4.69) is 25.1 Å². The average molecular weight is 339 g/mol. The molecule has 24 heavy (non-hydrogen) atoms. The predicted octanol–water partition coefficient (Wildman–Crippen LogP) is 2.45. The molecular weight excluding hydrogens is 322 g/mol. The molecular formula is C17H17N5OS. The Kier molecular flexibility index (Phi) is 3.86. The van der Waals surface area contributed by atoms with E-state index in [-0.39, 0.29) is 11.9 Å². The Bertz CT molecular complexity index is 870. The van der Waals surface area contributed by atoms with Gasteiger partial charge in [-0.3, -0.25) is 4.79 Å². The molecule has 0 bridgehead atoms. The lowest BCUT2D eigenvalue weighted by Gasteiger charge is -2.24. The van der Waals surface area contributed by atoms with Crippen molar-refractivity contribution in [3.63, 3.8) is 0 Å². The summed E-state index contributed by atoms with van der Waals surface area (Å²) in [6.07, 6.45) is 3.37. The maximum absolute atomic E-state index is 12.5. The van der Waals surface area contributed by atoms with E-state index in [9.17, 15) is 4.79 Å². The minimum atomic E-state index is -0.0612. The first-order valence-electron chi connectivity index (χ1n) is 7.91. The van der Waals surface area contributed by atoms with Crippen LogP contribution in [0, 0.1) is 6.92 Å². The summed E-state index contributed by atoms with van der Waals surface area (Å²) in [5, 5.41) is 12.2. The number of fused-ring (bicyclic) bond motifs is 1. The normalized spacial score (nSPS) is 16.6. The van der Waals surface area contributed by atoms with Crippen molar-refractivity contribution in [2.75, 3.05) is 0 Å². The molecule has 0 saturated carbocycles. The van der Waals surface area contributed by atoms with Crippen molar-refractivity contribution in [2.45, 2.75) is 32.4 Å². The zero-order valence-electron chi connectivity index (χ0n) is 13.3. The molecule has 1 N–H and O–H groups in total. The van der Waals surface area contributed by atoms with Gasteiger partial charge in [-0.15, -0.1) is 21.5 Å². The van der Waals surface area contributed by atoms with Crippen LogP contribution in [0.3, 0.4) is 0 Å². The third kappa shape index (κ3) is 2.82. The van der Waals surface area contributed by atoms with E-state index in [4.69, 9.17) is 0 Å². The SMILES string of the molecule is Cc1nnc2n1C[C@@H](NC(=O)c1cnc(-c3ccccc3)s1)CC2. The number of aryl methyl sites for hydroxylation is 2. The molecule has 122 valence electrons. The fourth-order valence-electron chi connectivity index (χ4n) is 2.93. The number of carbonyl (C=O) groups excluding carboxylic acids is 1. The van der Waals surface area contributed by atoms with Gasteiger partial charge in [-0.1, -0.05) is 30.3 Å². The van der Waals surface area contributed by atoms with Crippen LogP contribution >= 0.6 is 11.3 Å². The second-order valence-electron chi connectivity index (χ2n) is 5.88. The number of rotatable bonds is 3. The lowest BCUT2D eigenvalue weighted by molar-refractivity contribution is 0.0931. The first kappa shape index (κ1) is 15.0. The molecule has 4 rings (SSSR count). The lowest BCUT2D eigenvalue weighted by atomic mass is 10.1. The molecule has 1 amide bonds. The lowest BCUT2D eigenvalue weighted by Crippen LogP contribution is -2.41. The van der Waals surface area contributed by atoms with Gasteiger partial charge in [0.15, 0.2) is 0 Å². The molecule has 1 aliphatic rings. The highest BCUT2D eigenvalue weighted by Crippen LogP contribution is 2.25. The van der Waals surface area contributed by atoms with Crippen molar-refractivity contribution in [3.8, 4) is 10.6 Å². The van der Waals surface area contributed by atoms with Crippen molar-refractivity contribution in [1.82, 2.24) is 25.1 Å². The van der Waals surface area contributed by atoms with Crippen molar-refractivity contribution in [1.29, 1.82) is 0 Å². The number of carbonyl (C=O) groups is 1. The number of hydrogen-bond donors (Lipinski definition) is 1. The summed E-state index contributed by atoms with van der Waals surface area (Å²) in [6, 6.07) is 10.0. The fraction of sp³-hybridized carbons (Fsp3) is 0.294. The van der Waals surface area contributed by atoms with Crippen LogP contribution in [-0.2, 0) is 13.0 Å². The second-order valence-corrected chi connectivity index (χ2v) is 6.91. The third-order valence-electron chi connectivity index (χ3n) is 4.22. The Morgan fingerprint density at radius 2 is 2.12 bits per heavy atom. The Morgan fingerprint density at radius 1 is 1.29 bits per heavy atom. The third-order valence-corrected chi connectivity index (χ3v) is 5.26. The van der Waals surface area contributed by atoms with Crippen molar-refractivity contribution in [2.24, 2.45) is 0 Å². The van der Waals surface area contributed by atoms with Gasteiger partial charge >= 0.3 is 0 Å². The van der Waals surface area contributed by atoms with E-state index in [0.717, 1.165) is 41.6 Å². The van der Waals surface area contributed by atoms with E-state index < -0.39 is 0 Å². The van der Waals surface area contributed by atoms with Crippen molar-refractivity contribution in [3.05, 3.63) is 53.1 Å². The molecule has 0 fully saturated rings. The number of amides is 1. The summed E-state index contributed by atoms with van der Waals surface area (Å²) in [5.74, 6) is 1.84. The second kappa shape index (κ2) is 6.16. The summed E-state index contributed by atoms with van der Waals surface area (Å²) in [6.45, 7) is 2.67. The number of nitrogens with zero attached hydrogens (tertiary/aromatic N) is 4. The minimum absolute atomic E-state index is 0.0612. The molecule has 1 atom stereocenters. The standard InChI is InChI=1S/C17H17N5OS/c1-11-20-21-15-8-7-13(10-22(11)15)19-16(23)14-9-18-17(24-14)12-5-3-2-4-6-12/h2-6,9,13H,7-8,10H2,1H3,(H,19,23)/t13-/m0/s1. The summed E-state index contributed by atoms with van der Waals surface area (Å²) < 4.78 is 2.08. The maximum atomic E-state index is 12.5. The molecule has 0 aliphatic carbocycles. The van der Waals surface area contributed by atoms with E-state index in [1.165, 1.54) is 11.3 Å². The van der Waals surface area contributed by atoms with E-state index in [0.29, 0.717) is 4.88 Å². The summed E-state index contributed by atoms with van der Waals surface area (Å²) in [4.78, 5) is 17.5. The fourth-order valence-corrected chi connectivity index (χ4v) is 3.75. The molecule has 0 saturated heterocycles. The predicted molar refractivity (Wildman–Crippen MR) is 91.9 cm³/mol. The largest absolute Gasteiger partial charge is 0.347 e. The van der Waals surface area contributed by atoms with Gasteiger partial charge in [-0.2, -0.15) is 0 Å². The summed E-state index contributed by atoms with van der Waals surface area (Å²) in [5.41, 5.74) is 1.03. The molecule has 3 heterocycles. The van der Waals surface area contributed by atoms with Crippen LogP contribution in [0.25, 0.3) is 10.6 Å². The number of aromatic nitrogens is 4. The Balaban J connectivity index is 1.46. The van der Waals surface area contributed by atoms with Gasteiger partial charge in [0, 0.05) is 24.6 Å². The van der Waals surface area contributed by atoms with Gasteiger partial charge in [-0.25, -0.2) is 4.98 Å². The van der Waals surface area contributed by atoms with E-state index >= 15 is 0 Å². The first-order valence-corrected chi connectivity index (χ1v) is 8.73. The van der Waals surface area contributed by atoms with Crippen LogP contribution in [0.15, 0.2) is 36.5 Å². The molecule has 0 spiro atoms. The van der Waals surface area contributed by atoms with E-state index in [1.807, 2.05) is 37.3 Å². The minimum Gasteiger partial charge on any atom is -0.347 e. The summed E-state index contributed by atoms with van der Waals surface area (Å²) >= 11 is 1.42. The van der Waals surface area contributed by atoms with Crippen LogP contribution < -0.4 is 5.32 Å². The Morgan fingerprint density at radius 3 is 2.96 bits per heavy atom.